The Morgan fingerprint density at radius 1 is 1.29 bits per heavy atom. The van der Waals surface area contributed by atoms with E-state index < -0.39 is 0 Å². The molecule has 2 rings (SSSR count). The smallest absolute Gasteiger partial charge is 0.129 e. The molecule has 0 aliphatic carbocycles. The van der Waals surface area contributed by atoms with Crippen LogP contribution in [-0.2, 0) is 6.54 Å². The molecule has 0 saturated carbocycles. The van der Waals surface area contributed by atoms with Gasteiger partial charge in [0.2, 0.25) is 0 Å². The van der Waals surface area contributed by atoms with Gasteiger partial charge in [-0.15, -0.1) is 0 Å². The Kier molecular flexibility index (Phi) is 6.04. The molecular weight excluding hydrogens is 258 g/mol. The number of pyridine rings is 1. The van der Waals surface area contributed by atoms with Crippen molar-refractivity contribution in [1.29, 1.82) is 0 Å². The highest BCUT2D eigenvalue weighted by Gasteiger charge is 2.15. The zero-order valence-corrected chi connectivity index (χ0v) is 14.2. The molecule has 118 valence electrons. The molecule has 21 heavy (non-hydrogen) atoms. The summed E-state index contributed by atoms with van der Waals surface area (Å²) in [6.07, 6.45) is 3.93. The van der Waals surface area contributed by atoms with Gasteiger partial charge in [0, 0.05) is 25.3 Å². The molecule has 0 bridgehead atoms. The van der Waals surface area contributed by atoms with Crippen LogP contribution in [0.25, 0.3) is 0 Å². The summed E-state index contributed by atoms with van der Waals surface area (Å²) in [4.78, 5) is 7.24. The molecule has 1 aromatic heterocycles. The molecule has 0 radical (unpaired) electrons. The van der Waals surface area contributed by atoms with Crippen molar-refractivity contribution in [2.24, 2.45) is 11.8 Å². The summed E-state index contributed by atoms with van der Waals surface area (Å²) < 4.78 is 0. The van der Waals surface area contributed by atoms with Crippen LogP contribution in [0.15, 0.2) is 12.1 Å². The van der Waals surface area contributed by atoms with Crippen LogP contribution in [0.3, 0.4) is 0 Å². The minimum Gasteiger partial charge on any atom is -0.357 e. The average molecular weight is 289 g/mol. The van der Waals surface area contributed by atoms with E-state index in [1.165, 1.54) is 30.6 Å². The molecule has 1 saturated heterocycles. The average Bonchev–Trinajstić information content (AvgIpc) is 2.62. The fourth-order valence-corrected chi connectivity index (χ4v) is 2.98. The predicted octanol–water partition coefficient (Wildman–Crippen LogP) is 3.76. The molecule has 0 aromatic carbocycles. The quantitative estimate of drug-likeness (QED) is 0.894. The number of nitrogens with zero attached hydrogens (tertiary/aromatic N) is 2. The van der Waals surface area contributed by atoms with Gasteiger partial charge in [0.1, 0.15) is 5.82 Å². The first-order valence-corrected chi connectivity index (χ1v) is 8.48. The number of aromatic nitrogens is 1. The zero-order chi connectivity index (χ0) is 15.2. The summed E-state index contributed by atoms with van der Waals surface area (Å²) in [5.74, 6) is 2.72. The topological polar surface area (TPSA) is 28.2 Å². The van der Waals surface area contributed by atoms with Crippen LogP contribution in [-0.4, -0.2) is 24.6 Å². The van der Waals surface area contributed by atoms with Gasteiger partial charge in [-0.05, 0) is 62.3 Å². The van der Waals surface area contributed by atoms with Gasteiger partial charge < -0.3 is 10.2 Å². The van der Waals surface area contributed by atoms with Gasteiger partial charge in [0.25, 0.3) is 0 Å². The lowest BCUT2D eigenvalue weighted by Gasteiger charge is -2.23. The highest BCUT2D eigenvalue weighted by atomic mass is 15.2. The first kappa shape index (κ1) is 16.3. The molecule has 1 N–H and O–H groups in total. The Bertz CT molecular complexity index is 442. The third kappa shape index (κ3) is 5.31. The number of rotatable bonds is 5. The summed E-state index contributed by atoms with van der Waals surface area (Å²) in [7, 11) is 0. The molecule has 2 heterocycles. The van der Waals surface area contributed by atoms with Crippen LogP contribution in [0.2, 0.25) is 0 Å². The molecule has 0 spiro atoms. The Morgan fingerprint density at radius 3 is 2.86 bits per heavy atom. The lowest BCUT2D eigenvalue weighted by Crippen LogP contribution is -2.26. The molecule has 1 unspecified atom stereocenters. The second-order valence-corrected chi connectivity index (χ2v) is 7.02. The van der Waals surface area contributed by atoms with Crippen LogP contribution < -0.4 is 10.2 Å². The van der Waals surface area contributed by atoms with E-state index >= 15 is 0 Å². The van der Waals surface area contributed by atoms with Crippen LogP contribution in [0.1, 0.15) is 51.3 Å². The molecule has 1 fully saturated rings. The highest BCUT2D eigenvalue weighted by molar-refractivity contribution is 5.42. The van der Waals surface area contributed by atoms with E-state index in [-0.39, 0.29) is 0 Å². The predicted molar refractivity (Wildman–Crippen MR) is 90.7 cm³/mol. The normalized spacial score (nSPS) is 19.9. The standard InChI is InChI=1S/C18H31N3/c1-14(2)12-19-13-17-10-16(4)20-18(11-17)21-8-5-6-15(3)7-9-21/h10-11,14-15,19H,5-9,12-13H2,1-4H3. The Morgan fingerprint density at radius 2 is 2.10 bits per heavy atom. The minimum absolute atomic E-state index is 0.694. The first-order chi connectivity index (χ1) is 10.0. The molecule has 3 nitrogen and oxygen atoms in total. The molecule has 3 heteroatoms. The highest BCUT2D eigenvalue weighted by Crippen LogP contribution is 2.22. The maximum atomic E-state index is 4.77. The molecule has 1 aliphatic rings. The molecule has 0 amide bonds. The van der Waals surface area contributed by atoms with E-state index in [0.717, 1.165) is 37.8 Å². The Hall–Kier alpha value is -1.09. The largest absolute Gasteiger partial charge is 0.357 e. The van der Waals surface area contributed by atoms with E-state index in [4.69, 9.17) is 4.98 Å². The van der Waals surface area contributed by atoms with Gasteiger partial charge in [-0.25, -0.2) is 4.98 Å². The first-order valence-electron chi connectivity index (χ1n) is 8.48. The second kappa shape index (κ2) is 7.79. The maximum absolute atomic E-state index is 4.77. The van der Waals surface area contributed by atoms with Crippen molar-refractivity contribution < 1.29 is 0 Å². The summed E-state index contributed by atoms with van der Waals surface area (Å²) in [5, 5.41) is 3.53. The van der Waals surface area contributed by atoms with Crippen molar-refractivity contribution in [1.82, 2.24) is 10.3 Å². The Labute approximate surface area is 130 Å². The lowest BCUT2D eigenvalue weighted by atomic mass is 10.0. The number of hydrogen-bond donors (Lipinski definition) is 1. The molecule has 1 atom stereocenters. The fourth-order valence-electron chi connectivity index (χ4n) is 2.98. The zero-order valence-electron chi connectivity index (χ0n) is 14.2. The number of aryl methyl sites for hydroxylation is 1. The van der Waals surface area contributed by atoms with Crippen molar-refractivity contribution in [2.45, 2.75) is 53.5 Å². The minimum atomic E-state index is 0.694. The van der Waals surface area contributed by atoms with E-state index in [2.05, 4.69) is 50.0 Å². The molecular formula is C18H31N3. The van der Waals surface area contributed by atoms with Gasteiger partial charge in [0.15, 0.2) is 0 Å². The Balaban J connectivity index is 2.03. The van der Waals surface area contributed by atoms with Crippen molar-refractivity contribution in [3.63, 3.8) is 0 Å². The van der Waals surface area contributed by atoms with Crippen molar-refractivity contribution in [2.75, 3.05) is 24.5 Å². The number of hydrogen-bond acceptors (Lipinski definition) is 3. The van der Waals surface area contributed by atoms with Crippen LogP contribution in [0.4, 0.5) is 5.82 Å². The van der Waals surface area contributed by atoms with Gasteiger partial charge in [-0.3, -0.25) is 0 Å². The summed E-state index contributed by atoms with van der Waals surface area (Å²) in [6, 6.07) is 4.48. The van der Waals surface area contributed by atoms with E-state index in [0.29, 0.717) is 5.92 Å². The van der Waals surface area contributed by atoms with Crippen molar-refractivity contribution in [3.05, 3.63) is 23.4 Å². The lowest BCUT2D eigenvalue weighted by molar-refractivity contribution is 0.521. The van der Waals surface area contributed by atoms with E-state index in [1.54, 1.807) is 0 Å². The SMILES string of the molecule is Cc1cc(CNCC(C)C)cc(N2CCCC(C)CC2)n1. The van der Waals surface area contributed by atoms with Crippen LogP contribution >= 0.6 is 0 Å². The van der Waals surface area contributed by atoms with Gasteiger partial charge in [-0.1, -0.05) is 20.8 Å². The third-order valence-corrected chi connectivity index (χ3v) is 4.22. The summed E-state index contributed by atoms with van der Waals surface area (Å²) >= 11 is 0. The van der Waals surface area contributed by atoms with Crippen LogP contribution in [0.5, 0.6) is 0 Å². The van der Waals surface area contributed by atoms with E-state index in [1.807, 2.05) is 0 Å². The summed E-state index contributed by atoms with van der Waals surface area (Å²) in [6.45, 7) is 13.3. The van der Waals surface area contributed by atoms with E-state index in [9.17, 15) is 0 Å². The summed E-state index contributed by atoms with van der Waals surface area (Å²) in [5.41, 5.74) is 2.49. The number of anilines is 1. The third-order valence-electron chi connectivity index (χ3n) is 4.22. The number of nitrogens with one attached hydrogen (secondary N) is 1. The maximum Gasteiger partial charge on any atom is 0.129 e. The van der Waals surface area contributed by atoms with Crippen molar-refractivity contribution >= 4 is 5.82 Å². The van der Waals surface area contributed by atoms with Gasteiger partial charge in [0.05, 0.1) is 0 Å². The van der Waals surface area contributed by atoms with Gasteiger partial charge in [-0.2, -0.15) is 0 Å². The van der Waals surface area contributed by atoms with Crippen molar-refractivity contribution in [3.8, 4) is 0 Å². The fraction of sp³-hybridized carbons (Fsp3) is 0.722. The van der Waals surface area contributed by atoms with Crippen LogP contribution in [0, 0.1) is 18.8 Å². The monoisotopic (exact) mass is 289 g/mol. The second-order valence-electron chi connectivity index (χ2n) is 7.02. The molecule has 1 aromatic rings. The van der Waals surface area contributed by atoms with Gasteiger partial charge >= 0.3 is 0 Å². The molecule has 1 aliphatic heterocycles.